The molecule has 0 bridgehead atoms. The van der Waals surface area contributed by atoms with Crippen LogP contribution in [0.5, 0.6) is 0 Å². The maximum atomic E-state index is 13.8. The van der Waals surface area contributed by atoms with Crippen molar-refractivity contribution in [2.75, 3.05) is 17.3 Å². The van der Waals surface area contributed by atoms with E-state index in [1.54, 1.807) is 34.3 Å². The van der Waals surface area contributed by atoms with E-state index < -0.39 is 9.84 Å². The quantitative estimate of drug-likeness (QED) is 0.771. The number of hydrogen-bond donors (Lipinski definition) is 0. The highest BCUT2D eigenvalue weighted by molar-refractivity contribution is 8.02. The molecule has 2 heterocycles. The van der Waals surface area contributed by atoms with E-state index in [2.05, 4.69) is 4.99 Å². The summed E-state index contributed by atoms with van der Waals surface area (Å²) < 4.78 is 38.4. The molecule has 1 amide bonds. The Morgan fingerprint density at radius 3 is 2.92 bits per heavy atom. The number of carbonyl (C=O) groups is 1. The van der Waals surface area contributed by atoms with Crippen LogP contribution in [0.2, 0.25) is 0 Å². The molecule has 25 heavy (non-hydrogen) atoms. The number of thioether (sulfide) groups is 1. The number of sulfone groups is 1. The summed E-state index contributed by atoms with van der Waals surface area (Å²) in [6, 6.07) is 6.49. The first kappa shape index (κ1) is 18.3. The predicted molar refractivity (Wildman–Crippen MR) is 97.9 cm³/mol. The SMILES string of the molecule is O=C(CSC1CCS(=O)(=O)C1)N=c1sccn1Cc1ccccc1F. The van der Waals surface area contributed by atoms with E-state index in [1.165, 1.54) is 29.2 Å². The second-order valence-corrected chi connectivity index (χ2v) is 10.1. The van der Waals surface area contributed by atoms with Gasteiger partial charge in [-0.3, -0.25) is 4.79 Å². The Balaban J connectivity index is 1.65. The molecule has 1 aliphatic rings. The first-order valence-corrected chi connectivity index (χ1v) is 11.4. The summed E-state index contributed by atoms with van der Waals surface area (Å²) in [4.78, 5) is 16.7. The minimum absolute atomic E-state index is 0.0296. The van der Waals surface area contributed by atoms with Crippen LogP contribution in [0.1, 0.15) is 12.0 Å². The van der Waals surface area contributed by atoms with E-state index in [0.29, 0.717) is 23.3 Å². The highest BCUT2D eigenvalue weighted by Crippen LogP contribution is 2.24. The summed E-state index contributed by atoms with van der Waals surface area (Å²) >= 11 is 2.65. The molecule has 1 aromatic carbocycles. The molecule has 134 valence electrons. The minimum atomic E-state index is -2.94. The lowest BCUT2D eigenvalue weighted by Crippen LogP contribution is -2.18. The average molecular weight is 401 g/mol. The Bertz CT molecular complexity index is 934. The van der Waals surface area contributed by atoms with Crippen molar-refractivity contribution in [3.05, 3.63) is 52.0 Å². The number of nitrogens with zero attached hydrogens (tertiary/aromatic N) is 2. The Labute approximate surface area is 153 Å². The fourth-order valence-electron chi connectivity index (χ4n) is 2.54. The summed E-state index contributed by atoms with van der Waals surface area (Å²) in [6.45, 7) is 0.302. The molecular weight excluding hydrogens is 383 g/mol. The van der Waals surface area contributed by atoms with Gasteiger partial charge in [0.1, 0.15) is 5.82 Å². The number of benzene rings is 1. The molecule has 0 N–H and O–H groups in total. The second-order valence-electron chi connectivity index (χ2n) is 5.75. The highest BCUT2D eigenvalue weighted by Gasteiger charge is 2.28. The van der Waals surface area contributed by atoms with Crippen molar-refractivity contribution in [2.45, 2.75) is 18.2 Å². The number of carbonyl (C=O) groups excluding carboxylic acids is 1. The molecule has 0 aliphatic carbocycles. The Morgan fingerprint density at radius 1 is 1.40 bits per heavy atom. The van der Waals surface area contributed by atoms with E-state index in [4.69, 9.17) is 0 Å². The number of rotatable bonds is 5. The molecule has 1 aromatic heterocycles. The summed E-state index contributed by atoms with van der Waals surface area (Å²) in [5, 5.41) is 1.77. The van der Waals surface area contributed by atoms with Crippen LogP contribution >= 0.6 is 23.1 Å². The summed E-state index contributed by atoms with van der Waals surface area (Å²) in [7, 11) is -2.94. The fourth-order valence-corrected chi connectivity index (χ4v) is 6.71. The molecule has 1 unspecified atom stereocenters. The van der Waals surface area contributed by atoms with Crippen LogP contribution < -0.4 is 4.80 Å². The van der Waals surface area contributed by atoms with Gasteiger partial charge >= 0.3 is 0 Å². The van der Waals surface area contributed by atoms with Gasteiger partial charge in [-0.1, -0.05) is 18.2 Å². The third-order valence-electron chi connectivity index (χ3n) is 3.81. The van der Waals surface area contributed by atoms with Crippen LogP contribution in [0.15, 0.2) is 40.8 Å². The van der Waals surface area contributed by atoms with Gasteiger partial charge in [0.25, 0.3) is 5.91 Å². The molecule has 1 atom stereocenters. The molecule has 1 fully saturated rings. The van der Waals surface area contributed by atoms with E-state index >= 15 is 0 Å². The zero-order chi connectivity index (χ0) is 17.9. The molecule has 0 saturated carbocycles. The average Bonchev–Trinajstić information content (AvgIpc) is 3.14. The van der Waals surface area contributed by atoms with Gasteiger partial charge in [0.15, 0.2) is 14.6 Å². The topological polar surface area (TPSA) is 68.5 Å². The lowest BCUT2D eigenvalue weighted by atomic mass is 10.2. The molecule has 3 rings (SSSR count). The number of thiazole rings is 1. The Morgan fingerprint density at radius 2 is 2.20 bits per heavy atom. The van der Waals surface area contributed by atoms with E-state index in [1.807, 2.05) is 0 Å². The van der Waals surface area contributed by atoms with Gasteiger partial charge in [0, 0.05) is 22.4 Å². The van der Waals surface area contributed by atoms with Gasteiger partial charge < -0.3 is 4.57 Å². The van der Waals surface area contributed by atoms with Crippen molar-refractivity contribution in [3.63, 3.8) is 0 Å². The van der Waals surface area contributed by atoms with Crippen molar-refractivity contribution in [1.29, 1.82) is 0 Å². The molecule has 2 aromatic rings. The number of amides is 1. The first-order valence-electron chi connectivity index (χ1n) is 7.70. The van der Waals surface area contributed by atoms with E-state index in [-0.39, 0.29) is 34.2 Å². The molecule has 5 nitrogen and oxygen atoms in total. The van der Waals surface area contributed by atoms with Crippen molar-refractivity contribution >= 4 is 38.8 Å². The maximum absolute atomic E-state index is 13.8. The highest BCUT2D eigenvalue weighted by atomic mass is 32.2. The number of aromatic nitrogens is 1. The fraction of sp³-hybridized carbons (Fsp3) is 0.375. The molecule has 1 saturated heterocycles. The van der Waals surface area contributed by atoms with Gasteiger partial charge in [0.05, 0.1) is 23.8 Å². The van der Waals surface area contributed by atoms with Crippen LogP contribution in [0, 0.1) is 5.82 Å². The van der Waals surface area contributed by atoms with Crippen LogP contribution in [0.25, 0.3) is 0 Å². The molecule has 0 radical (unpaired) electrons. The van der Waals surface area contributed by atoms with Crippen LogP contribution in [-0.4, -0.2) is 41.4 Å². The van der Waals surface area contributed by atoms with Gasteiger partial charge in [-0.2, -0.15) is 4.99 Å². The zero-order valence-corrected chi connectivity index (χ0v) is 15.7. The van der Waals surface area contributed by atoms with Crippen molar-refractivity contribution in [2.24, 2.45) is 4.99 Å². The second kappa shape index (κ2) is 7.84. The van der Waals surface area contributed by atoms with Crippen LogP contribution in [0.4, 0.5) is 4.39 Å². The maximum Gasteiger partial charge on any atom is 0.258 e. The van der Waals surface area contributed by atoms with E-state index in [9.17, 15) is 17.6 Å². The third-order valence-corrected chi connectivity index (χ3v) is 7.87. The minimum Gasteiger partial charge on any atom is -0.319 e. The normalized spacial score (nSPS) is 20.0. The summed E-state index contributed by atoms with van der Waals surface area (Å²) in [5.41, 5.74) is 0.528. The summed E-state index contributed by atoms with van der Waals surface area (Å²) in [6.07, 6.45) is 2.35. The Hall–Kier alpha value is -1.45. The smallest absolute Gasteiger partial charge is 0.258 e. The molecular formula is C16H17FN2O3S3. The standard InChI is InChI=1S/C16H17FN2O3S3/c17-14-4-2-1-3-12(14)9-19-6-7-23-16(19)18-15(20)10-24-13-5-8-25(21,22)11-13/h1-4,6-7,13H,5,8-11H2. The first-order chi connectivity index (χ1) is 11.9. The van der Waals surface area contributed by atoms with Gasteiger partial charge in [-0.15, -0.1) is 23.1 Å². The molecule has 0 spiro atoms. The predicted octanol–water partition coefficient (Wildman–Crippen LogP) is 2.08. The van der Waals surface area contributed by atoms with Gasteiger partial charge in [0.2, 0.25) is 0 Å². The van der Waals surface area contributed by atoms with Crippen molar-refractivity contribution in [3.8, 4) is 0 Å². The van der Waals surface area contributed by atoms with Gasteiger partial charge in [-0.05, 0) is 12.5 Å². The molecule has 9 heteroatoms. The third kappa shape index (κ3) is 5.02. The lowest BCUT2D eigenvalue weighted by molar-refractivity contribution is -0.115. The largest absolute Gasteiger partial charge is 0.319 e. The van der Waals surface area contributed by atoms with Gasteiger partial charge in [-0.25, -0.2) is 12.8 Å². The van der Waals surface area contributed by atoms with Crippen LogP contribution in [0.3, 0.4) is 0 Å². The monoisotopic (exact) mass is 400 g/mol. The summed E-state index contributed by atoms with van der Waals surface area (Å²) in [5.74, 6) is -0.117. The molecule has 1 aliphatic heterocycles. The Kier molecular flexibility index (Phi) is 5.75. The zero-order valence-electron chi connectivity index (χ0n) is 13.3. The van der Waals surface area contributed by atoms with Crippen molar-refractivity contribution < 1.29 is 17.6 Å². The lowest BCUT2D eigenvalue weighted by Gasteiger charge is -2.05. The van der Waals surface area contributed by atoms with E-state index in [0.717, 1.165) is 0 Å². The van der Waals surface area contributed by atoms with Crippen molar-refractivity contribution in [1.82, 2.24) is 4.57 Å². The number of halogens is 1. The van der Waals surface area contributed by atoms with Crippen LogP contribution in [-0.2, 0) is 21.2 Å². The number of hydrogen-bond acceptors (Lipinski definition) is 5.